The monoisotopic (exact) mass is 287 g/mol. The highest BCUT2D eigenvalue weighted by molar-refractivity contribution is 7.80. The van der Waals surface area contributed by atoms with Gasteiger partial charge in [-0.15, -0.1) is 0 Å². The minimum atomic E-state index is 0.526. The maximum Gasteiger partial charge on any atom is 0.186 e. The summed E-state index contributed by atoms with van der Waals surface area (Å²) in [4.78, 5) is 0. The SMILES string of the molecule is CCCNC(=S)N/N=C\c1cnn(-c2ccccc2)c1. The highest BCUT2D eigenvalue weighted by Gasteiger charge is 1.98. The molecule has 1 aromatic heterocycles. The smallest absolute Gasteiger partial charge is 0.186 e. The van der Waals surface area contributed by atoms with Gasteiger partial charge in [0, 0.05) is 18.3 Å². The van der Waals surface area contributed by atoms with Crippen LogP contribution in [0.15, 0.2) is 47.8 Å². The summed E-state index contributed by atoms with van der Waals surface area (Å²) >= 11 is 5.06. The van der Waals surface area contributed by atoms with E-state index < -0.39 is 0 Å². The van der Waals surface area contributed by atoms with Crippen LogP contribution in [0.3, 0.4) is 0 Å². The van der Waals surface area contributed by atoms with E-state index in [2.05, 4.69) is 27.9 Å². The van der Waals surface area contributed by atoms with Gasteiger partial charge in [0.15, 0.2) is 5.11 Å². The van der Waals surface area contributed by atoms with Crippen LogP contribution in [0.1, 0.15) is 18.9 Å². The van der Waals surface area contributed by atoms with E-state index in [1.54, 1.807) is 17.1 Å². The Hall–Kier alpha value is -2.21. The molecule has 0 bridgehead atoms. The van der Waals surface area contributed by atoms with Crippen LogP contribution in [-0.2, 0) is 0 Å². The number of rotatable bonds is 5. The number of para-hydroxylation sites is 1. The Bertz CT molecular complexity index is 576. The van der Waals surface area contributed by atoms with E-state index >= 15 is 0 Å². The zero-order valence-electron chi connectivity index (χ0n) is 11.3. The molecule has 1 aromatic carbocycles. The standard InChI is InChI=1S/C14H17N5S/c1-2-8-15-14(20)18-16-9-12-10-17-19(11-12)13-6-4-3-5-7-13/h3-7,9-11H,2,8H2,1H3,(H2,15,18,20)/b16-9-. The predicted octanol–water partition coefficient (Wildman–Crippen LogP) is 2.08. The molecule has 0 atom stereocenters. The van der Waals surface area contributed by atoms with Crippen LogP contribution < -0.4 is 10.7 Å². The van der Waals surface area contributed by atoms with Crippen molar-refractivity contribution in [3.8, 4) is 5.69 Å². The van der Waals surface area contributed by atoms with Gasteiger partial charge in [0.1, 0.15) is 0 Å². The van der Waals surface area contributed by atoms with Crippen LogP contribution in [-0.4, -0.2) is 27.7 Å². The molecule has 5 nitrogen and oxygen atoms in total. The van der Waals surface area contributed by atoms with E-state index in [1.165, 1.54) is 0 Å². The van der Waals surface area contributed by atoms with E-state index in [0.29, 0.717) is 5.11 Å². The number of benzene rings is 1. The van der Waals surface area contributed by atoms with Gasteiger partial charge in [-0.05, 0) is 30.8 Å². The van der Waals surface area contributed by atoms with Crippen molar-refractivity contribution in [2.45, 2.75) is 13.3 Å². The van der Waals surface area contributed by atoms with Crippen molar-refractivity contribution in [2.75, 3.05) is 6.54 Å². The second-order valence-corrected chi connectivity index (χ2v) is 4.59. The number of nitrogens with zero attached hydrogens (tertiary/aromatic N) is 3. The molecule has 6 heteroatoms. The first-order chi connectivity index (χ1) is 9.79. The lowest BCUT2D eigenvalue weighted by atomic mass is 10.3. The van der Waals surface area contributed by atoms with E-state index in [-0.39, 0.29) is 0 Å². The molecule has 0 saturated heterocycles. The van der Waals surface area contributed by atoms with Gasteiger partial charge < -0.3 is 5.32 Å². The van der Waals surface area contributed by atoms with Crippen molar-refractivity contribution in [2.24, 2.45) is 5.10 Å². The van der Waals surface area contributed by atoms with Gasteiger partial charge in [0.2, 0.25) is 0 Å². The Balaban J connectivity index is 1.91. The Labute approximate surface area is 123 Å². The molecule has 0 radical (unpaired) electrons. The summed E-state index contributed by atoms with van der Waals surface area (Å²) < 4.78 is 1.80. The molecule has 1 heterocycles. The first kappa shape index (κ1) is 14.2. The maximum atomic E-state index is 5.06. The number of nitrogens with one attached hydrogen (secondary N) is 2. The second kappa shape index (κ2) is 7.40. The summed E-state index contributed by atoms with van der Waals surface area (Å²) in [6.07, 6.45) is 6.37. The largest absolute Gasteiger partial charge is 0.361 e. The van der Waals surface area contributed by atoms with Crippen LogP contribution in [0, 0.1) is 0 Å². The minimum absolute atomic E-state index is 0.526. The summed E-state index contributed by atoms with van der Waals surface area (Å²) in [7, 11) is 0. The van der Waals surface area contributed by atoms with Crippen molar-refractivity contribution in [1.29, 1.82) is 0 Å². The molecule has 2 rings (SSSR count). The van der Waals surface area contributed by atoms with Gasteiger partial charge in [-0.25, -0.2) is 4.68 Å². The lowest BCUT2D eigenvalue weighted by Crippen LogP contribution is -2.32. The molecule has 0 unspecified atom stereocenters. The van der Waals surface area contributed by atoms with Crippen molar-refractivity contribution in [3.05, 3.63) is 48.3 Å². The van der Waals surface area contributed by atoms with Crippen molar-refractivity contribution in [3.63, 3.8) is 0 Å². The fourth-order valence-electron chi connectivity index (χ4n) is 1.57. The molecule has 0 fully saturated rings. The summed E-state index contributed by atoms with van der Waals surface area (Å²) in [6.45, 7) is 2.92. The normalized spacial score (nSPS) is 10.7. The predicted molar refractivity (Wildman–Crippen MR) is 85.2 cm³/mol. The number of hydrazone groups is 1. The summed E-state index contributed by atoms with van der Waals surface area (Å²) in [5.74, 6) is 0. The third-order valence-corrected chi connectivity index (χ3v) is 2.77. The average molecular weight is 287 g/mol. The molecule has 2 N–H and O–H groups in total. The van der Waals surface area contributed by atoms with Gasteiger partial charge >= 0.3 is 0 Å². The Kier molecular flexibility index (Phi) is 5.25. The number of thiocarbonyl (C=S) groups is 1. The van der Waals surface area contributed by atoms with E-state index in [9.17, 15) is 0 Å². The second-order valence-electron chi connectivity index (χ2n) is 4.18. The van der Waals surface area contributed by atoms with E-state index in [0.717, 1.165) is 24.2 Å². The topological polar surface area (TPSA) is 54.2 Å². The molecule has 0 spiro atoms. The average Bonchev–Trinajstić information content (AvgIpc) is 2.95. The molecule has 0 saturated carbocycles. The molecule has 0 aliphatic carbocycles. The van der Waals surface area contributed by atoms with Gasteiger partial charge in [-0.3, -0.25) is 5.43 Å². The molecule has 104 valence electrons. The zero-order valence-corrected chi connectivity index (χ0v) is 12.1. The third kappa shape index (κ3) is 4.17. The lowest BCUT2D eigenvalue weighted by molar-refractivity contribution is 0.817. The first-order valence-corrected chi connectivity index (χ1v) is 6.87. The minimum Gasteiger partial charge on any atom is -0.361 e. The van der Waals surface area contributed by atoms with E-state index in [4.69, 9.17) is 12.2 Å². The molecule has 0 aliphatic heterocycles. The summed E-state index contributed by atoms with van der Waals surface area (Å²) in [6, 6.07) is 9.92. The van der Waals surface area contributed by atoms with Crippen LogP contribution in [0.5, 0.6) is 0 Å². The fraction of sp³-hybridized carbons (Fsp3) is 0.214. The quantitative estimate of drug-likeness (QED) is 0.502. The molecular weight excluding hydrogens is 270 g/mol. The van der Waals surface area contributed by atoms with Gasteiger partial charge in [-0.2, -0.15) is 10.2 Å². The van der Waals surface area contributed by atoms with Crippen LogP contribution in [0.25, 0.3) is 5.69 Å². The van der Waals surface area contributed by atoms with Gasteiger partial charge in [0.25, 0.3) is 0 Å². The zero-order chi connectivity index (χ0) is 14.2. The summed E-state index contributed by atoms with van der Waals surface area (Å²) in [5.41, 5.74) is 4.68. The number of aromatic nitrogens is 2. The van der Waals surface area contributed by atoms with E-state index in [1.807, 2.05) is 36.5 Å². The van der Waals surface area contributed by atoms with Crippen molar-refractivity contribution >= 4 is 23.5 Å². The first-order valence-electron chi connectivity index (χ1n) is 6.46. The summed E-state index contributed by atoms with van der Waals surface area (Å²) in [5, 5.41) is 11.9. The highest BCUT2D eigenvalue weighted by atomic mass is 32.1. The number of hydrogen-bond donors (Lipinski definition) is 2. The van der Waals surface area contributed by atoms with Gasteiger partial charge in [-0.1, -0.05) is 25.1 Å². The van der Waals surface area contributed by atoms with Crippen LogP contribution >= 0.6 is 12.2 Å². The molecule has 20 heavy (non-hydrogen) atoms. The number of hydrogen-bond acceptors (Lipinski definition) is 3. The lowest BCUT2D eigenvalue weighted by Gasteiger charge is -2.03. The van der Waals surface area contributed by atoms with Gasteiger partial charge in [0.05, 0.1) is 18.1 Å². The molecule has 2 aromatic rings. The maximum absolute atomic E-state index is 5.06. The molecule has 0 amide bonds. The molecule has 0 aliphatic rings. The van der Waals surface area contributed by atoms with Crippen LogP contribution in [0.4, 0.5) is 0 Å². The van der Waals surface area contributed by atoms with Crippen molar-refractivity contribution in [1.82, 2.24) is 20.5 Å². The molecular formula is C14H17N5S. The fourth-order valence-corrected chi connectivity index (χ4v) is 1.72. The Morgan fingerprint density at radius 2 is 2.20 bits per heavy atom. The highest BCUT2D eigenvalue weighted by Crippen LogP contribution is 2.06. The third-order valence-electron chi connectivity index (χ3n) is 2.54. The Morgan fingerprint density at radius 3 is 2.95 bits per heavy atom. The van der Waals surface area contributed by atoms with Crippen molar-refractivity contribution < 1.29 is 0 Å². The Morgan fingerprint density at radius 1 is 1.40 bits per heavy atom. The van der Waals surface area contributed by atoms with Crippen LogP contribution in [0.2, 0.25) is 0 Å².